The van der Waals surface area contributed by atoms with E-state index < -0.39 is 28.9 Å². The van der Waals surface area contributed by atoms with Gasteiger partial charge in [-0.15, -0.1) is 0 Å². The second-order valence-electron chi connectivity index (χ2n) is 14.3. The number of aliphatic imine (C=N–C) groups is 1. The SMILES string of the molecule is CCC12CC/C=C/c3ccc4c(c3)[C@H](CC(C)(C)O4)NC(=O)c3ccc4c(c3)[C@@H](CCO4)N(C(=O)C1)C(NC(=O)OC(C)(C)C)=N2. The van der Waals surface area contributed by atoms with E-state index >= 15 is 0 Å². The van der Waals surface area contributed by atoms with Crippen molar-refractivity contribution in [2.75, 3.05) is 6.61 Å². The number of rotatable bonds is 1. The lowest BCUT2D eigenvalue weighted by molar-refractivity contribution is -0.132. The molecule has 10 heteroatoms. The van der Waals surface area contributed by atoms with Crippen LogP contribution in [0.2, 0.25) is 0 Å². The van der Waals surface area contributed by atoms with E-state index in [1.165, 1.54) is 0 Å². The molecule has 7 rings (SSSR count). The molecule has 10 nitrogen and oxygen atoms in total. The fraction of sp³-hybridized carbons (Fsp3) is 0.500. The summed E-state index contributed by atoms with van der Waals surface area (Å²) < 4.78 is 17.9. The molecule has 244 valence electrons. The van der Waals surface area contributed by atoms with E-state index in [0.717, 1.165) is 16.9 Å². The molecule has 0 aliphatic carbocycles. The molecule has 5 heterocycles. The Hall–Kier alpha value is -4.34. The summed E-state index contributed by atoms with van der Waals surface area (Å²) in [5.41, 5.74) is 1.16. The Labute approximate surface area is 270 Å². The third-order valence-corrected chi connectivity index (χ3v) is 9.07. The quantitative estimate of drug-likeness (QED) is 0.367. The Kier molecular flexibility index (Phi) is 8.11. The number of guanidine groups is 1. The zero-order chi connectivity index (χ0) is 32.9. The minimum Gasteiger partial charge on any atom is -0.493 e. The zero-order valence-electron chi connectivity index (χ0n) is 27.6. The molecule has 2 aromatic carbocycles. The van der Waals surface area contributed by atoms with Gasteiger partial charge >= 0.3 is 6.09 Å². The van der Waals surface area contributed by atoms with Gasteiger partial charge in [0.15, 0.2) is 0 Å². The van der Waals surface area contributed by atoms with Crippen molar-refractivity contribution in [3.05, 3.63) is 64.7 Å². The first-order valence-electron chi connectivity index (χ1n) is 16.2. The van der Waals surface area contributed by atoms with Crippen LogP contribution >= 0.6 is 0 Å². The molecule has 0 spiro atoms. The first-order valence-corrected chi connectivity index (χ1v) is 16.2. The molecule has 1 unspecified atom stereocenters. The number of carbonyl (C=O) groups excluding carboxylic acids is 3. The molecule has 0 saturated heterocycles. The van der Waals surface area contributed by atoms with Gasteiger partial charge in [-0.25, -0.2) is 9.79 Å². The van der Waals surface area contributed by atoms with E-state index in [4.69, 9.17) is 19.2 Å². The normalized spacial score (nSPS) is 26.0. The van der Waals surface area contributed by atoms with Gasteiger partial charge in [-0.05, 0) is 89.8 Å². The van der Waals surface area contributed by atoms with Gasteiger partial charge in [0.05, 0.1) is 30.7 Å². The Morgan fingerprint density at radius 1 is 1.13 bits per heavy atom. The number of benzene rings is 2. The Bertz CT molecular complexity index is 1620. The highest BCUT2D eigenvalue weighted by Gasteiger charge is 2.44. The lowest BCUT2D eigenvalue weighted by atomic mass is 9.84. The van der Waals surface area contributed by atoms with Gasteiger partial charge in [-0.3, -0.25) is 19.8 Å². The van der Waals surface area contributed by atoms with Gasteiger partial charge in [0, 0.05) is 29.5 Å². The first kappa shape index (κ1) is 31.6. The van der Waals surface area contributed by atoms with Crippen LogP contribution < -0.4 is 20.1 Å². The van der Waals surface area contributed by atoms with Gasteiger partial charge in [0.1, 0.15) is 22.7 Å². The predicted molar refractivity (Wildman–Crippen MR) is 175 cm³/mol. The zero-order valence-corrected chi connectivity index (χ0v) is 27.6. The molecule has 6 bridgehead atoms. The Balaban J connectivity index is 1.46. The number of hydrogen-bond acceptors (Lipinski definition) is 7. The van der Waals surface area contributed by atoms with Crippen molar-refractivity contribution in [2.45, 2.75) is 109 Å². The number of alkyl carbamates (subject to hydrolysis) is 1. The van der Waals surface area contributed by atoms with Gasteiger partial charge in [-0.1, -0.05) is 25.1 Å². The van der Waals surface area contributed by atoms with Crippen molar-refractivity contribution < 1.29 is 28.6 Å². The van der Waals surface area contributed by atoms with Crippen LogP contribution in [-0.2, 0) is 9.53 Å². The lowest BCUT2D eigenvalue weighted by Gasteiger charge is -2.43. The molecule has 46 heavy (non-hydrogen) atoms. The average molecular weight is 629 g/mol. The minimum atomic E-state index is -0.739. The predicted octanol–water partition coefficient (Wildman–Crippen LogP) is 6.61. The molecule has 0 fully saturated rings. The van der Waals surface area contributed by atoms with Crippen LogP contribution in [0.3, 0.4) is 0 Å². The summed E-state index contributed by atoms with van der Waals surface area (Å²) in [4.78, 5) is 47.8. The second-order valence-corrected chi connectivity index (χ2v) is 14.3. The minimum absolute atomic E-state index is 0.148. The molecule has 5 aliphatic rings. The highest BCUT2D eigenvalue weighted by Crippen LogP contribution is 2.43. The number of hydrogen-bond donors (Lipinski definition) is 2. The van der Waals surface area contributed by atoms with Crippen LogP contribution in [0.15, 0.2) is 47.5 Å². The van der Waals surface area contributed by atoms with E-state index in [0.29, 0.717) is 55.6 Å². The van der Waals surface area contributed by atoms with Crippen LogP contribution in [-0.4, -0.2) is 52.1 Å². The van der Waals surface area contributed by atoms with E-state index in [-0.39, 0.29) is 30.2 Å². The summed E-state index contributed by atoms with van der Waals surface area (Å²) in [7, 11) is 0. The second kappa shape index (κ2) is 11.8. The Morgan fingerprint density at radius 2 is 1.91 bits per heavy atom. The van der Waals surface area contributed by atoms with Crippen molar-refractivity contribution in [1.82, 2.24) is 15.5 Å². The van der Waals surface area contributed by atoms with Crippen LogP contribution in [0.25, 0.3) is 6.08 Å². The summed E-state index contributed by atoms with van der Waals surface area (Å²) in [5, 5.41) is 6.08. The van der Waals surface area contributed by atoms with Crippen molar-refractivity contribution >= 4 is 29.9 Å². The van der Waals surface area contributed by atoms with Gasteiger partial charge in [0.2, 0.25) is 11.9 Å². The summed E-state index contributed by atoms with van der Waals surface area (Å²) in [5.74, 6) is 1.13. The van der Waals surface area contributed by atoms with Gasteiger partial charge in [0.25, 0.3) is 5.91 Å². The highest BCUT2D eigenvalue weighted by molar-refractivity contribution is 6.05. The van der Waals surface area contributed by atoms with Crippen LogP contribution in [0.5, 0.6) is 11.5 Å². The highest BCUT2D eigenvalue weighted by atomic mass is 16.6. The van der Waals surface area contributed by atoms with Gasteiger partial charge < -0.3 is 19.5 Å². The summed E-state index contributed by atoms with van der Waals surface area (Å²) in [6, 6.07) is 10.6. The number of allylic oxidation sites excluding steroid dienone is 1. The first-order chi connectivity index (χ1) is 21.7. The fourth-order valence-corrected chi connectivity index (χ4v) is 6.84. The maximum Gasteiger partial charge on any atom is 0.414 e. The monoisotopic (exact) mass is 628 g/mol. The fourth-order valence-electron chi connectivity index (χ4n) is 6.84. The topological polar surface area (TPSA) is 119 Å². The van der Waals surface area contributed by atoms with Crippen LogP contribution in [0.1, 0.15) is 119 Å². The van der Waals surface area contributed by atoms with Crippen LogP contribution in [0, 0.1) is 0 Å². The Morgan fingerprint density at radius 3 is 2.67 bits per heavy atom. The number of fused-ring (bicyclic) bond motifs is 4. The maximum absolute atomic E-state index is 14.2. The molecule has 2 aromatic rings. The molecule has 3 amide bonds. The maximum atomic E-state index is 14.2. The number of nitrogens with one attached hydrogen (secondary N) is 2. The molecule has 0 saturated carbocycles. The number of carbonyl (C=O) groups is 3. The molecule has 0 radical (unpaired) electrons. The summed E-state index contributed by atoms with van der Waals surface area (Å²) in [6.45, 7) is 11.8. The standard InChI is InChI=1S/C36H44N4O6/c1-7-36-16-9-8-10-22-11-13-29-24(18-22)26(20-35(5,6)45-29)37-31(42)23-12-14-28-25(19-23)27(15-17-44-28)40(30(41)21-36)32(39-36)38-33(43)46-34(2,3)4/h8,10-14,18-19,26-27H,7,9,15-17,20-21H2,1-6H3,(H,37,42)(H,38,39,43)/b10-8+/t26-,27+,36?/m0/s1. The van der Waals surface area contributed by atoms with Crippen LogP contribution in [0.4, 0.5) is 4.79 Å². The number of amides is 3. The molecular weight excluding hydrogens is 584 g/mol. The van der Waals surface area contributed by atoms with E-state index in [2.05, 4.69) is 28.9 Å². The summed E-state index contributed by atoms with van der Waals surface area (Å²) >= 11 is 0. The van der Waals surface area contributed by atoms with Crippen molar-refractivity contribution in [1.29, 1.82) is 0 Å². The number of ether oxygens (including phenoxy) is 3. The third-order valence-electron chi connectivity index (χ3n) is 9.07. The lowest BCUT2D eigenvalue weighted by Crippen LogP contribution is -2.56. The molecular formula is C36H44N4O6. The van der Waals surface area contributed by atoms with E-state index in [1.807, 2.05) is 32.9 Å². The largest absolute Gasteiger partial charge is 0.493 e. The molecule has 5 aliphatic heterocycles. The van der Waals surface area contributed by atoms with Crippen molar-refractivity contribution in [3.8, 4) is 11.5 Å². The van der Waals surface area contributed by atoms with E-state index in [9.17, 15) is 14.4 Å². The van der Waals surface area contributed by atoms with Crippen molar-refractivity contribution in [3.63, 3.8) is 0 Å². The third kappa shape index (κ3) is 6.48. The molecule has 3 atom stereocenters. The van der Waals surface area contributed by atoms with Gasteiger partial charge in [-0.2, -0.15) is 0 Å². The van der Waals surface area contributed by atoms with Crippen molar-refractivity contribution in [2.24, 2.45) is 4.99 Å². The smallest absolute Gasteiger partial charge is 0.414 e. The van der Waals surface area contributed by atoms with E-state index in [1.54, 1.807) is 43.9 Å². The number of nitrogens with zero attached hydrogens (tertiary/aromatic N) is 2. The average Bonchev–Trinajstić information content (AvgIpc) is 2.97. The summed E-state index contributed by atoms with van der Waals surface area (Å²) in [6.07, 6.45) is 6.63. The molecule has 2 N–H and O–H groups in total. The molecule has 0 aromatic heterocycles.